The summed E-state index contributed by atoms with van der Waals surface area (Å²) in [4.78, 5) is 14.5. The highest BCUT2D eigenvalue weighted by atomic mass is 16.3. The number of hydrogen-bond acceptors (Lipinski definition) is 2. The molecule has 0 radical (unpaired) electrons. The van der Waals surface area contributed by atoms with Crippen LogP contribution in [0.2, 0.25) is 0 Å². The predicted octanol–water partition coefficient (Wildman–Crippen LogP) is 3.53. The zero-order valence-corrected chi connectivity index (χ0v) is 11.5. The Morgan fingerprint density at radius 2 is 1.89 bits per heavy atom. The molecule has 1 amide bonds. The van der Waals surface area contributed by atoms with Crippen LogP contribution in [0.1, 0.15) is 50.0 Å². The molecule has 3 nitrogen and oxygen atoms in total. The van der Waals surface area contributed by atoms with Crippen LogP contribution in [0.5, 0.6) is 0 Å². The van der Waals surface area contributed by atoms with E-state index in [1.165, 1.54) is 38.5 Å². The first kappa shape index (κ1) is 12.5. The van der Waals surface area contributed by atoms with Crippen molar-refractivity contribution >= 4 is 12.0 Å². The molecule has 0 atom stereocenters. The Kier molecular flexibility index (Phi) is 3.45. The zero-order chi connectivity index (χ0) is 13.2. The molecule has 102 valence electrons. The largest absolute Gasteiger partial charge is 0.462 e. The van der Waals surface area contributed by atoms with E-state index in [9.17, 15) is 4.79 Å². The van der Waals surface area contributed by atoms with Crippen LogP contribution in [0, 0.1) is 6.92 Å². The third-order valence-corrected chi connectivity index (χ3v) is 4.06. The molecule has 3 rings (SSSR count). The second-order valence-electron chi connectivity index (χ2n) is 5.70. The maximum Gasteiger partial charge on any atom is 0.247 e. The number of carbonyl (C=O) groups is 1. The lowest BCUT2D eigenvalue weighted by Gasteiger charge is -2.27. The van der Waals surface area contributed by atoms with Gasteiger partial charge in [0.25, 0.3) is 0 Å². The molecule has 3 heteroatoms. The maximum absolute atomic E-state index is 12.4. The van der Waals surface area contributed by atoms with Gasteiger partial charge in [0.1, 0.15) is 11.5 Å². The molecule has 19 heavy (non-hydrogen) atoms. The highest BCUT2D eigenvalue weighted by molar-refractivity contribution is 5.92. The van der Waals surface area contributed by atoms with E-state index in [1.54, 1.807) is 12.2 Å². The Morgan fingerprint density at radius 3 is 2.47 bits per heavy atom. The third-order valence-electron chi connectivity index (χ3n) is 4.06. The number of rotatable bonds is 4. The average Bonchev–Trinajstić information content (AvgIpc) is 2.89. The van der Waals surface area contributed by atoms with Gasteiger partial charge >= 0.3 is 0 Å². The standard InChI is InChI=1S/C16H21NO2/c1-12-6-9-15(19-12)10-11-16(18)17(14-7-8-14)13-4-2-3-5-13/h6,9-11,13-14H,2-5,7-8H2,1H3/b11-10+. The van der Waals surface area contributed by atoms with Gasteiger partial charge in [-0.25, -0.2) is 0 Å². The monoisotopic (exact) mass is 259 g/mol. The summed E-state index contributed by atoms with van der Waals surface area (Å²) in [5.41, 5.74) is 0. The zero-order valence-electron chi connectivity index (χ0n) is 11.5. The molecule has 1 aromatic rings. The smallest absolute Gasteiger partial charge is 0.247 e. The molecule has 2 fully saturated rings. The SMILES string of the molecule is Cc1ccc(/C=C/C(=O)N(C2CCCC2)C2CC2)o1. The van der Waals surface area contributed by atoms with E-state index in [2.05, 4.69) is 4.90 Å². The number of furan rings is 1. The van der Waals surface area contributed by atoms with E-state index in [0.717, 1.165) is 11.5 Å². The molecule has 0 aliphatic heterocycles. The third kappa shape index (κ3) is 2.91. The Labute approximate surface area is 114 Å². The van der Waals surface area contributed by atoms with Gasteiger partial charge in [0.2, 0.25) is 5.91 Å². The van der Waals surface area contributed by atoms with Crippen LogP contribution >= 0.6 is 0 Å². The summed E-state index contributed by atoms with van der Waals surface area (Å²) < 4.78 is 5.46. The van der Waals surface area contributed by atoms with Gasteiger partial charge in [-0.05, 0) is 50.8 Å². The van der Waals surface area contributed by atoms with Gasteiger partial charge in [0.05, 0.1) is 0 Å². The van der Waals surface area contributed by atoms with Gasteiger partial charge in [-0.1, -0.05) is 12.8 Å². The number of carbonyl (C=O) groups excluding carboxylic acids is 1. The van der Waals surface area contributed by atoms with Crippen molar-refractivity contribution in [3.63, 3.8) is 0 Å². The first-order chi connectivity index (χ1) is 9.24. The second-order valence-corrected chi connectivity index (χ2v) is 5.70. The van der Waals surface area contributed by atoms with E-state index < -0.39 is 0 Å². The van der Waals surface area contributed by atoms with Crippen LogP contribution in [0.3, 0.4) is 0 Å². The van der Waals surface area contributed by atoms with Crippen molar-refractivity contribution < 1.29 is 9.21 Å². The van der Waals surface area contributed by atoms with Crippen molar-refractivity contribution in [1.82, 2.24) is 4.90 Å². The van der Waals surface area contributed by atoms with Crippen LogP contribution in [0.4, 0.5) is 0 Å². The Balaban J connectivity index is 1.68. The van der Waals surface area contributed by atoms with Crippen LogP contribution < -0.4 is 0 Å². The molecule has 0 saturated heterocycles. The summed E-state index contributed by atoms with van der Waals surface area (Å²) in [6.07, 6.45) is 10.7. The molecule has 2 aliphatic carbocycles. The van der Waals surface area contributed by atoms with Crippen molar-refractivity contribution in [3.8, 4) is 0 Å². The lowest BCUT2D eigenvalue weighted by Crippen LogP contribution is -2.39. The quantitative estimate of drug-likeness (QED) is 0.775. The fourth-order valence-electron chi connectivity index (χ4n) is 2.98. The molecule has 1 aromatic heterocycles. The Bertz CT molecular complexity index is 479. The summed E-state index contributed by atoms with van der Waals surface area (Å²) in [7, 11) is 0. The van der Waals surface area contributed by atoms with Crippen LogP contribution in [0.15, 0.2) is 22.6 Å². The van der Waals surface area contributed by atoms with Crippen LogP contribution in [-0.2, 0) is 4.79 Å². The lowest BCUT2D eigenvalue weighted by molar-refractivity contribution is -0.128. The molecule has 1 heterocycles. The van der Waals surface area contributed by atoms with E-state index in [1.807, 2.05) is 19.1 Å². The highest BCUT2D eigenvalue weighted by Gasteiger charge is 2.37. The van der Waals surface area contributed by atoms with Gasteiger partial charge in [0, 0.05) is 18.2 Å². The van der Waals surface area contributed by atoms with Gasteiger partial charge in [0.15, 0.2) is 0 Å². The Hall–Kier alpha value is -1.51. The van der Waals surface area contributed by atoms with Crippen molar-refractivity contribution in [1.29, 1.82) is 0 Å². The van der Waals surface area contributed by atoms with Gasteiger partial charge in [-0.2, -0.15) is 0 Å². The number of aryl methyl sites for hydroxylation is 1. The average molecular weight is 259 g/mol. The predicted molar refractivity (Wildman–Crippen MR) is 74.6 cm³/mol. The van der Waals surface area contributed by atoms with E-state index in [0.29, 0.717) is 12.1 Å². The number of hydrogen-bond donors (Lipinski definition) is 0. The highest BCUT2D eigenvalue weighted by Crippen LogP contribution is 2.34. The minimum Gasteiger partial charge on any atom is -0.462 e. The topological polar surface area (TPSA) is 33.5 Å². The normalized spacial score (nSPS) is 20.3. The molecule has 0 spiro atoms. The molecule has 0 bridgehead atoms. The minimum atomic E-state index is 0.156. The molecule has 2 saturated carbocycles. The van der Waals surface area contributed by atoms with Gasteiger partial charge in [-0.15, -0.1) is 0 Å². The molecular weight excluding hydrogens is 238 g/mol. The van der Waals surface area contributed by atoms with Crippen LogP contribution in [-0.4, -0.2) is 22.9 Å². The molecular formula is C16H21NO2. The van der Waals surface area contributed by atoms with Gasteiger partial charge in [-0.3, -0.25) is 4.79 Å². The fourth-order valence-corrected chi connectivity index (χ4v) is 2.98. The molecule has 2 aliphatic rings. The molecule has 0 unspecified atom stereocenters. The minimum absolute atomic E-state index is 0.156. The van der Waals surface area contributed by atoms with E-state index in [-0.39, 0.29) is 5.91 Å². The molecule has 0 N–H and O–H groups in total. The van der Waals surface area contributed by atoms with E-state index >= 15 is 0 Å². The Morgan fingerprint density at radius 1 is 1.21 bits per heavy atom. The first-order valence-corrected chi connectivity index (χ1v) is 7.31. The number of nitrogens with zero attached hydrogens (tertiary/aromatic N) is 1. The summed E-state index contributed by atoms with van der Waals surface area (Å²) >= 11 is 0. The summed E-state index contributed by atoms with van der Waals surface area (Å²) in [6.45, 7) is 1.91. The molecule has 0 aromatic carbocycles. The lowest BCUT2D eigenvalue weighted by atomic mass is 10.2. The van der Waals surface area contributed by atoms with Crippen LogP contribution in [0.25, 0.3) is 6.08 Å². The summed E-state index contributed by atoms with van der Waals surface area (Å²) in [5, 5.41) is 0. The summed E-state index contributed by atoms with van der Waals surface area (Å²) in [6, 6.07) is 4.79. The van der Waals surface area contributed by atoms with Crippen molar-refractivity contribution in [2.45, 2.75) is 57.5 Å². The number of amides is 1. The van der Waals surface area contributed by atoms with Crippen molar-refractivity contribution in [3.05, 3.63) is 29.7 Å². The fraction of sp³-hybridized carbons (Fsp3) is 0.562. The van der Waals surface area contributed by atoms with Crippen molar-refractivity contribution in [2.24, 2.45) is 0 Å². The first-order valence-electron chi connectivity index (χ1n) is 7.31. The maximum atomic E-state index is 12.4. The van der Waals surface area contributed by atoms with Crippen molar-refractivity contribution in [2.75, 3.05) is 0 Å². The van der Waals surface area contributed by atoms with E-state index in [4.69, 9.17) is 4.42 Å². The van der Waals surface area contributed by atoms with Gasteiger partial charge < -0.3 is 9.32 Å². The second kappa shape index (κ2) is 5.24. The summed E-state index contributed by atoms with van der Waals surface area (Å²) in [5.74, 6) is 1.79.